The van der Waals surface area contributed by atoms with Crippen LogP contribution in [0.5, 0.6) is 5.75 Å². The van der Waals surface area contributed by atoms with Crippen LogP contribution in [-0.2, 0) is 17.8 Å². The lowest BCUT2D eigenvalue weighted by molar-refractivity contribution is 0.0405. The van der Waals surface area contributed by atoms with Crippen molar-refractivity contribution in [2.45, 2.75) is 32.0 Å². The summed E-state index contributed by atoms with van der Waals surface area (Å²) in [4.78, 5) is 2.39. The molecule has 1 fully saturated rings. The average Bonchev–Trinajstić information content (AvgIpc) is 2.48. The molecule has 0 aliphatic carbocycles. The topological polar surface area (TPSA) is 47.7 Å². The molecule has 1 aromatic rings. The van der Waals surface area contributed by atoms with Crippen LogP contribution in [0.4, 0.5) is 0 Å². The molecule has 106 valence electrons. The molecule has 1 heterocycles. The number of nitrogens with zero attached hydrogens (tertiary/aromatic N) is 1. The summed E-state index contributed by atoms with van der Waals surface area (Å²) in [5.41, 5.74) is 8.07. The van der Waals surface area contributed by atoms with Gasteiger partial charge in [-0.3, -0.25) is 4.90 Å². The van der Waals surface area contributed by atoms with E-state index >= 15 is 0 Å². The van der Waals surface area contributed by atoms with Crippen molar-refractivity contribution in [3.05, 3.63) is 29.3 Å². The first-order chi connectivity index (χ1) is 9.24. The van der Waals surface area contributed by atoms with E-state index in [9.17, 15) is 0 Å². The quantitative estimate of drug-likeness (QED) is 0.880. The van der Waals surface area contributed by atoms with E-state index in [0.29, 0.717) is 12.6 Å². The van der Waals surface area contributed by atoms with Crippen molar-refractivity contribution in [1.82, 2.24) is 4.90 Å². The molecule has 2 rings (SSSR count). The van der Waals surface area contributed by atoms with Gasteiger partial charge in [0.2, 0.25) is 0 Å². The second-order valence-electron chi connectivity index (χ2n) is 5.11. The average molecular weight is 264 g/mol. The molecule has 0 bridgehead atoms. The summed E-state index contributed by atoms with van der Waals surface area (Å²) in [5.74, 6) is 0.941. The Hall–Kier alpha value is -1.10. The highest BCUT2D eigenvalue weighted by Crippen LogP contribution is 2.23. The number of rotatable bonds is 5. The van der Waals surface area contributed by atoms with Gasteiger partial charge in [0.1, 0.15) is 5.75 Å². The minimum absolute atomic E-state index is 0.567. The number of nitrogens with two attached hydrogens (primary N) is 1. The largest absolute Gasteiger partial charge is 0.496 e. The van der Waals surface area contributed by atoms with Crippen LogP contribution in [0.3, 0.4) is 0 Å². The first-order valence-electron chi connectivity index (χ1n) is 6.88. The summed E-state index contributed by atoms with van der Waals surface area (Å²) in [6.45, 7) is 3.20. The SMILES string of the molecule is COc1ccc(CN)cc1CN(C)C1CCOCC1. The van der Waals surface area contributed by atoms with Gasteiger partial charge >= 0.3 is 0 Å². The first-order valence-corrected chi connectivity index (χ1v) is 6.88. The van der Waals surface area contributed by atoms with Crippen molar-refractivity contribution < 1.29 is 9.47 Å². The highest BCUT2D eigenvalue weighted by Gasteiger charge is 2.19. The van der Waals surface area contributed by atoms with Gasteiger partial charge < -0.3 is 15.2 Å². The molecule has 0 radical (unpaired) electrons. The second-order valence-corrected chi connectivity index (χ2v) is 5.11. The van der Waals surface area contributed by atoms with Gasteiger partial charge in [-0.15, -0.1) is 0 Å². The van der Waals surface area contributed by atoms with Crippen molar-refractivity contribution in [1.29, 1.82) is 0 Å². The van der Waals surface area contributed by atoms with Crippen LogP contribution in [0, 0.1) is 0 Å². The second kappa shape index (κ2) is 6.89. The maximum absolute atomic E-state index is 5.71. The molecule has 4 nitrogen and oxygen atoms in total. The van der Waals surface area contributed by atoms with Crippen LogP contribution in [-0.4, -0.2) is 38.3 Å². The third-order valence-corrected chi connectivity index (χ3v) is 3.81. The predicted molar refractivity (Wildman–Crippen MR) is 76.2 cm³/mol. The highest BCUT2D eigenvalue weighted by molar-refractivity contribution is 5.37. The molecule has 19 heavy (non-hydrogen) atoms. The number of ether oxygens (including phenoxy) is 2. The van der Waals surface area contributed by atoms with E-state index < -0.39 is 0 Å². The van der Waals surface area contributed by atoms with Crippen molar-refractivity contribution >= 4 is 0 Å². The van der Waals surface area contributed by atoms with Crippen molar-refractivity contribution in [2.24, 2.45) is 5.73 Å². The van der Waals surface area contributed by atoms with Gasteiger partial charge in [0, 0.05) is 37.9 Å². The minimum Gasteiger partial charge on any atom is -0.496 e. The van der Waals surface area contributed by atoms with Gasteiger partial charge in [-0.05, 0) is 37.6 Å². The molecule has 0 spiro atoms. The third kappa shape index (κ3) is 3.69. The molecule has 1 saturated heterocycles. The third-order valence-electron chi connectivity index (χ3n) is 3.81. The minimum atomic E-state index is 0.567. The van der Waals surface area contributed by atoms with Crippen molar-refractivity contribution in [3.8, 4) is 5.75 Å². The molecule has 0 saturated carbocycles. The zero-order valence-electron chi connectivity index (χ0n) is 11.9. The van der Waals surface area contributed by atoms with Gasteiger partial charge in [-0.25, -0.2) is 0 Å². The van der Waals surface area contributed by atoms with E-state index in [0.717, 1.165) is 43.9 Å². The molecule has 0 atom stereocenters. The fraction of sp³-hybridized carbons (Fsp3) is 0.600. The number of methoxy groups -OCH3 is 1. The maximum atomic E-state index is 5.71. The Bertz CT molecular complexity index is 403. The molecule has 4 heteroatoms. The van der Waals surface area contributed by atoms with Crippen LogP contribution < -0.4 is 10.5 Å². The fourth-order valence-corrected chi connectivity index (χ4v) is 2.61. The van der Waals surface area contributed by atoms with E-state index in [2.05, 4.69) is 18.0 Å². The molecule has 0 aromatic heterocycles. The van der Waals surface area contributed by atoms with Crippen LogP contribution in [0.2, 0.25) is 0 Å². The molecule has 2 N–H and O–H groups in total. The summed E-state index contributed by atoms with van der Waals surface area (Å²) in [6.07, 6.45) is 2.21. The normalized spacial score (nSPS) is 16.8. The highest BCUT2D eigenvalue weighted by atomic mass is 16.5. The van der Waals surface area contributed by atoms with Crippen LogP contribution in [0.15, 0.2) is 18.2 Å². The molecular formula is C15H24N2O2. The Morgan fingerprint density at radius 3 is 2.74 bits per heavy atom. The van der Waals surface area contributed by atoms with Crippen molar-refractivity contribution in [3.63, 3.8) is 0 Å². The van der Waals surface area contributed by atoms with Gasteiger partial charge in [0.25, 0.3) is 0 Å². The summed E-state index contributed by atoms with van der Waals surface area (Å²) in [7, 11) is 3.89. The van der Waals surface area contributed by atoms with Gasteiger partial charge in [0.05, 0.1) is 7.11 Å². The lowest BCUT2D eigenvalue weighted by atomic mass is 10.0. The standard InChI is InChI=1S/C15H24N2O2/c1-17(14-5-7-19-8-6-14)11-13-9-12(10-16)3-4-15(13)18-2/h3-4,9,14H,5-8,10-11,16H2,1-2H3. The number of hydrogen-bond donors (Lipinski definition) is 1. The molecule has 1 aliphatic heterocycles. The summed E-state index contributed by atoms with van der Waals surface area (Å²) >= 11 is 0. The Balaban J connectivity index is 2.07. The Labute approximate surface area is 115 Å². The van der Waals surface area contributed by atoms with E-state index in [1.54, 1.807) is 7.11 Å². The maximum Gasteiger partial charge on any atom is 0.123 e. The summed E-state index contributed by atoms with van der Waals surface area (Å²) < 4.78 is 10.9. The van der Waals surface area contributed by atoms with Crippen LogP contribution in [0.1, 0.15) is 24.0 Å². The van der Waals surface area contributed by atoms with Gasteiger partial charge in [0.15, 0.2) is 0 Å². The molecule has 1 aromatic carbocycles. The predicted octanol–water partition coefficient (Wildman–Crippen LogP) is 1.76. The number of hydrogen-bond acceptors (Lipinski definition) is 4. The Kier molecular flexibility index (Phi) is 5.19. The van der Waals surface area contributed by atoms with E-state index in [1.807, 2.05) is 12.1 Å². The Morgan fingerprint density at radius 1 is 1.37 bits per heavy atom. The molecule has 0 amide bonds. The fourth-order valence-electron chi connectivity index (χ4n) is 2.61. The monoisotopic (exact) mass is 264 g/mol. The van der Waals surface area contributed by atoms with Crippen molar-refractivity contribution in [2.75, 3.05) is 27.4 Å². The smallest absolute Gasteiger partial charge is 0.123 e. The lowest BCUT2D eigenvalue weighted by Crippen LogP contribution is -2.36. The zero-order valence-corrected chi connectivity index (χ0v) is 11.9. The van der Waals surface area contributed by atoms with E-state index in [1.165, 1.54) is 5.56 Å². The molecule has 0 unspecified atom stereocenters. The molecule has 1 aliphatic rings. The lowest BCUT2D eigenvalue weighted by Gasteiger charge is -2.31. The van der Waals surface area contributed by atoms with Crippen LogP contribution in [0.25, 0.3) is 0 Å². The number of benzene rings is 1. The van der Waals surface area contributed by atoms with Gasteiger partial charge in [-0.2, -0.15) is 0 Å². The van der Waals surface area contributed by atoms with E-state index in [4.69, 9.17) is 15.2 Å². The van der Waals surface area contributed by atoms with Gasteiger partial charge in [-0.1, -0.05) is 6.07 Å². The summed E-state index contributed by atoms with van der Waals surface area (Å²) in [6, 6.07) is 6.78. The first kappa shape index (κ1) is 14.3. The van der Waals surface area contributed by atoms with E-state index in [-0.39, 0.29) is 0 Å². The zero-order chi connectivity index (χ0) is 13.7. The molecular weight excluding hydrogens is 240 g/mol. The van der Waals surface area contributed by atoms with Crippen LogP contribution >= 0.6 is 0 Å². The summed E-state index contributed by atoms with van der Waals surface area (Å²) in [5, 5.41) is 0. The Morgan fingerprint density at radius 2 is 2.11 bits per heavy atom.